The minimum absolute atomic E-state index is 0.00862. The predicted octanol–water partition coefficient (Wildman–Crippen LogP) is 0.251. The lowest BCUT2D eigenvalue weighted by Crippen LogP contribution is -2.41. The zero-order valence-corrected chi connectivity index (χ0v) is 11.0. The summed E-state index contributed by atoms with van der Waals surface area (Å²) in [7, 11) is 3.42. The first-order valence-electron chi connectivity index (χ1n) is 5.73. The third kappa shape index (κ3) is 4.21. The maximum Gasteiger partial charge on any atom is 0.239 e. The Labute approximate surface area is 107 Å². The standard InChI is InChI=1S/C12H20N4O2/c1-9(8-18-3)15-12(17)7-16(2)11-4-5-14-6-10(11)13/h4-6,9H,7-8,13H2,1-3H3,(H,15,17). The van der Waals surface area contributed by atoms with Crippen LogP contribution in [-0.4, -0.2) is 44.2 Å². The second-order valence-corrected chi connectivity index (χ2v) is 4.21. The zero-order chi connectivity index (χ0) is 13.5. The van der Waals surface area contributed by atoms with Crippen LogP contribution in [-0.2, 0) is 9.53 Å². The number of ether oxygens (including phenoxy) is 1. The Kier molecular flexibility index (Phi) is 5.38. The van der Waals surface area contributed by atoms with Crippen molar-refractivity contribution in [3.63, 3.8) is 0 Å². The number of amides is 1. The van der Waals surface area contributed by atoms with Gasteiger partial charge in [0.1, 0.15) is 0 Å². The first-order chi connectivity index (χ1) is 8.54. The van der Waals surface area contributed by atoms with Crippen molar-refractivity contribution in [1.29, 1.82) is 0 Å². The highest BCUT2D eigenvalue weighted by Crippen LogP contribution is 2.19. The number of pyridine rings is 1. The van der Waals surface area contributed by atoms with Crippen LogP contribution >= 0.6 is 0 Å². The third-order valence-electron chi connectivity index (χ3n) is 2.44. The van der Waals surface area contributed by atoms with Gasteiger partial charge in [-0.15, -0.1) is 0 Å². The van der Waals surface area contributed by atoms with Gasteiger partial charge in [0.2, 0.25) is 5.91 Å². The molecule has 0 spiro atoms. The SMILES string of the molecule is COCC(C)NC(=O)CN(C)c1ccncc1N. The van der Waals surface area contributed by atoms with Gasteiger partial charge >= 0.3 is 0 Å². The molecule has 0 radical (unpaired) electrons. The van der Waals surface area contributed by atoms with Crippen molar-refractivity contribution in [2.45, 2.75) is 13.0 Å². The van der Waals surface area contributed by atoms with E-state index in [1.807, 2.05) is 14.0 Å². The fourth-order valence-corrected chi connectivity index (χ4v) is 1.66. The van der Waals surface area contributed by atoms with Crippen LogP contribution in [0, 0.1) is 0 Å². The summed E-state index contributed by atoms with van der Waals surface area (Å²) >= 11 is 0. The van der Waals surface area contributed by atoms with Gasteiger partial charge in [-0.25, -0.2) is 0 Å². The van der Waals surface area contributed by atoms with Crippen molar-refractivity contribution in [3.8, 4) is 0 Å². The van der Waals surface area contributed by atoms with Gasteiger partial charge in [-0.3, -0.25) is 9.78 Å². The molecule has 0 aromatic carbocycles. The Morgan fingerprint density at radius 2 is 2.39 bits per heavy atom. The molecule has 6 heteroatoms. The number of anilines is 2. The van der Waals surface area contributed by atoms with E-state index in [0.717, 1.165) is 5.69 Å². The van der Waals surface area contributed by atoms with Crippen molar-refractivity contribution < 1.29 is 9.53 Å². The highest BCUT2D eigenvalue weighted by molar-refractivity contribution is 5.82. The lowest BCUT2D eigenvalue weighted by atomic mass is 10.3. The number of hydrogen-bond acceptors (Lipinski definition) is 5. The average Bonchev–Trinajstić information content (AvgIpc) is 2.29. The van der Waals surface area contributed by atoms with E-state index in [-0.39, 0.29) is 18.5 Å². The number of carbonyl (C=O) groups excluding carboxylic acids is 1. The molecule has 1 aromatic rings. The number of nitrogens with zero attached hydrogens (tertiary/aromatic N) is 2. The van der Waals surface area contributed by atoms with Crippen molar-refractivity contribution in [2.24, 2.45) is 0 Å². The van der Waals surface area contributed by atoms with Gasteiger partial charge in [-0.05, 0) is 13.0 Å². The van der Waals surface area contributed by atoms with Crippen LogP contribution in [0.2, 0.25) is 0 Å². The fourth-order valence-electron chi connectivity index (χ4n) is 1.66. The van der Waals surface area contributed by atoms with E-state index in [1.165, 1.54) is 0 Å². The molecule has 3 N–H and O–H groups in total. The summed E-state index contributed by atoms with van der Waals surface area (Å²) in [6, 6.07) is 1.77. The number of nitrogen functional groups attached to an aromatic ring is 1. The number of hydrogen-bond donors (Lipinski definition) is 2. The summed E-state index contributed by atoms with van der Waals surface area (Å²) in [5, 5.41) is 2.84. The summed E-state index contributed by atoms with van der Waals surface area (Å²) in [5.41, 5.74) is 7.13. The molecule has 0 bridgehead atoms. The van der Waals surface area contributed by atoms with Crippen LogP contribution in [0.15, 0.2) is 18.5 Å². The Bertz CT molecular complexity index is 397. The minimum atomic E-state index is -0.0711. The monoisotopic (exact) mass is 252 g/mol. The van der Waals surface area contributed by atoms with Gasteiger partial charge in [-0.2, -0.15) is 0 Å². The Hall–Kier alpha value is -1.82. The van der Waals surface area contributed by atoms with Gasteiger partial charge in [0.25, 0.3) is 0 Å². The molecule has 18 heavy (non-hydrogen) atoms. The number of carbonyl (C=O) groups is 1. The normalized spacial score (nSPS) is 11.9. The summed E-state index contributed by atoms with van der Waals surface area (Å²) in [6.45, 7) is 2.62. The highest BCUT2D eigenvalue weighted by Gasteiger charge is 2.11. The summed E-state index contributed by atoms with van der Waals surface area (Å²) < 4.78 is 4.96. The largest absolute Gasteiger partial charge is 0.396 e. The number of rotatable bonds is 6. The Balaban J connectivity index is 2.52. The first-order valence-corrected chi connectivity index (χ1v) is 5.73. The van der Waals surface area contributed by atoms with Gasteiger partial charge in [0.05, 0.1) is 30.7 Å². The summed E-state index contributed by atoms with van der Waals surface area (Å²) in [5.74, 6) is -0.0711. The lowest BCUT2D eigenvalue weighted by molar-refractivity contribution is -0.120. The van der Waals surface area contributed by atoms with Crippen LogP contribution in [0.5, 0.6) is 0 Å². The number of likely N-dealkylation sites (N-methyl/N-ethyl adjacent to an activating group) is 1. The topological polar surface area (TPSA) is 80.5 Å². The molecule has 1 unspecified atom stereocenters. The smallest absolute Gasteiger partial charge is 0.239 e. The Morgan fingerprint density at radius 3 is 3.00 bits per heavy atom. The molecule has 0 aliphatic heterocycles. The van der Waals surface area contributed by atoms with Crippen molar-refractivity contribution in [1.82, 2.24) is 10.3 Å². The van der Waals surface area contributed by atoms with Crippen molar-refractivity contribution in [2.75, 3.05) is 37.9 Å². The quantitative estimate of drug-likeness (QED) is 0.758. The van der Waals surface area contributed by atoms with E-state index in [1.54, 1.807) is 30.5 Å². The Morgan fingerprint density at radius 1 is 1.67 bits per heavy atom. The number of nitrogens with one attached hydrogen (secondary N) is 1. The molecular formula is C12H20N4O2. The molecule has 1 amide bonds. The first kappa shape index (κ1) is 14.2. The molecule has 0 aliphatic carbocycles. The van der Waals surface area contributed by atoms with Gasteiger partial charge in [-0.1, -0.05) is 0 Å². The molecule has 0 fully saturated rings. The predicted molar refractivity (Wildman–Crippen MR) is 71.4 cm³/mol. The fraction of sp³-hybridized carbons (Fsp3) is 0.500. The van der Waals surface area contributed by atoms with Crippen LogP contribution in [0.3, 0.4) is 0 Å². The average molecular weight is 252 g/mol. The zero-order valence-electron chi connectivity index (χ0n) is 11.0. The molecule has 0 aliphatic rings. The van der Waals surface area contributed by atoms with Gasteiger partial charge in [0.15, 0.2) is 0 Å². The van der Waals surface area contributed by atoms with Gasteiger partial charge < -0.3 is 20.7 Å². The van der Waals surface area contributed by atoms with Crippen LogP contribution in [0.1, 0.15) is 6.92 Å². The van der Waals surface area contributed by atoms with Crippen LogP contribution in [0.4, 0.5) is 11.4 Å². The number of aromatic nitrogens is 1. The van der Waals surface area contributed by atoms with Gasteiger partial charge in [0, 0.05) is 26.4 Å². The van der Waals surface area contributed by atoms with E-state index in [4.69, 9.17) is 10.5 Å². The summed E-state index contributed by atoms with van der Waals surface area (Å²) in [6.07, 6.45) is 3.21. The molecule has 100 valence electrons. The van der Waals surface area contributed by atoms with E-state index in [9.17, 15) is 4.79 Å². The maximum atomic E-state index is 11.8. The van der Waals surface area contributed by atoms with E-state index >= 15 is 0 Å². The van der Waals surface area contributed by atoms with E-state index in [0.29, 0.717) is 12.3 Å². The molecule has 0 saturated carbocycles. The molecule has 6 nitrogen and oxygen atoms in total. The number of methoxy groups -OCH3 is 1. The highest BCUT2D eigenvalue weighted by atomic mass is 16.5. The molecular weight excluding hydrogens is 232 g/mol. The third-order valence-corrected chi connectivity index (χ3v) is 2.44. The van der Waals surface area contributed by atoms with Crippen LogP contribution < -0.4 is 16.0 Å². The molecule has 1 rings (SSSR count). The molecule has 0 saturated heterocycles. The van der Waals surface area contributed by atoms with E-state index < -0.39 is 0 Å². The minimum Gasteiger partial charge on any atom is -0.396 e. The molecule has 1 atom stereocenters. The van der Waals surface area contributed by atoms with Crippen molar-refractivity contribution >= 4 is 17.3 Å². The second-order valence-electron chi connectivity index (χ2n) is 4.21. The number of nitrogens with two attached hydrogens (primary N) is 1. The summed E-state index contributed by atoms with van der Waals surface area (Å²) in [4.78, 5) is 17.5. The van der Waals surface area contributed by atoms with Crippen molar-refractivity contribution in [3.05, 3.63) is 18.5 Å². The maximum absolute atomic E-state index is 11.8. The van der Waals surface area contributed by atoms with Crippen LogP contribution in [0.25, 0.3) is 0 Å². The lowest BCUT2D eigenvalue weighted by Gasteiger charge is -2.21. The second kappa shape index (κ2) is 6.80. The molecule has 1 heterocycles. The van der Waals surface area contributed by atoms with E-state index in [2.05, 4.69) is 10.3 Å². The molecule has 1 aromatic heterocycles.